The maximum Gasteiger partial charge on any atom is 0.292 e. The molecule has 19 heavy (non-hydrogen) atoms. The molecule has 0 amide bonds. The third-order valence-electron chi connectivity index (χ3n) is 3.99. The maximum absolute atomic E-state index is 11.2. The Bertz CT molecular complexity index is 463. The molecule has 1 aliphatic heterocycles. The number of hydrogen-bond donors (Lipinski definition) is 0. The van der Waals surface area contributed by atoms with Crippen molar-refractivity contribution in [3.63, 3.8) is 0 Å². The molecule has 0 radical (unpaired) electrons. The van der Waals surface area contributed by atoms with Gasteiger partial charge in [-0.1, -0.05) is 26.8 Å². The molecule has 1 aliphatic rings. The van der Waals surface area contributed by atoms with Gasteiger partial charge in [0.1, 0.15) is 5.69 Å². The normalized spacial score (nSPS) is 16.9. The van der Waals surface area contributed by atoms with E-state index in [4.69, 9.17) is 0 Å². The van der Waals surface area contributed by atoms with Crippen molar-refractivity contribution in [1.82, 2.24) is 0 Å². The van der Waals surface area contributed by atoms with Gasteiger partial charge in [0.25, 0.3) is 5.69 Å². The summed E-state index contributed by atoms with van der Waals surface area (Å²) < 4.78 is 0. The van der Waals surface area contributed by atoms with Crippen molar-refractivity contribution in [2.75, 3.05) is 18.0 Å². The van der Waals surface area contributed by atoms with E-state index in [0.717, 1.165) is 37.5 Å². The molecule has 0 aliphatic carbocycles. The molecule has 1 saturated heterocycles. The van der Waals surface area contributed by atoms with Crippen molar-refractivity contribution in [2.45, 2.75) is 39.5 Å². The second-order valence-corrected chi connectivity index (χ2v) is 5.83. The summed E-state index contributed by atoms with van der Waals surface area (Å²) in [6.07, 6.45) is 2.23. The molecule has 104 valence electrons. The van der Waals surface area contributed by atoms with Crippen LogP contribution in [0.1, 0.15) is 45.1 Å². The highest BCUT2D eigenvalue weighted by molar-refractivity contribution is 5.65. The quantitative estimate of drug-likeness (QED) is 0.612. The molecule has 0 N–H and O–H groups in total. The zero-order chi connectivity index (χ0) is 14.0. The summed E-state index contributed by atoms with van der Waals surface area (Å²) >= 11 is 0. The Balaban J connectivity index is 2.34. The van der Waals surface area contributed by atoms with E-state index in [2.05, 4.69) is 25.7 Å². The molecular weight excluding hydrogens is 240 g/mol. The molecule has 2 rings (SSSR count). The average molecular weight is 262 g/mol. The van der Waals surface area contributed by atoms with Crippen molar-refractivity contribution in [2.24, 2.45) is 5.92 Å². The molecule has 0 atom stereocenters. The van der Waals surface area contributed by atoms with Crippen LogP contribution in [0.15, 0.2) is 18.2 Å². The number of nitro groups is 1. The van der Waals surface area contributed by atoms with Crippen molar-refractivity contribution < 1.29 is 4.92 Å². The summed E-state index contributed by atoms with van der Waals surface area (Å²) in [5.74, 6) is 1.12. The lowest BCUT2D eigenvalue weighted by Crippen LogP contribution is -2.33. The Labute approximate surface area is 114 Å². The summed E-state index contributed by atoms with van der Waals surface area (Å²) in [4.78, 5) is 13.1. The molecule has 0 spiro atoms. The summed E-state index contributed by atoms with van der Waals surface area (Å²) in [6, 6.07) is 5.53. The minimum absolute atomic E-state index is 0.235. The number of nitrogens with zero attached hydrogens (tertiary/aromatic N) is 2. The molecule has 0 aromatic heterocycles. The van der Waals surface area contributed by atoms with Gasteiger partial charge < -0.3 is 4.90 Å². The molecule has 1 aromatic carbocycles. The second-order valence-electron chi connectivity index (χ2n) is 5.83. The van der Waals surface area contributed by atoms with Crippen LogP contribution in [0.25, 0.3) is 0 Å². The highest BCUT2D eigenvalue weighted by atomic mass is 16.6. The summed E-state index contributed by atoms with van der Waals surface area (Å²) in [5, 5.41) is 11.2. The maximum atomic E-state index is 11.2. The summed E-state index contributed by atoms with van der Waals surface area (Å²) in [6.45, 7) is 8.32. The van der Waals surface area contributed by atoms with Crippen molar-refractivity contribution in [3.05, 3.63) is 33.9 Å². The van der Waals surface area contributed by atoms with Crippen LogP contribution in [0.5, 0.6) is 0 Å². The number of benzene rings is 1. The highest BCUT2D eigenvalue weighted by Crippen LogP contribution is 2.34. The van der Waals surface area contributed by atoms with Crippen LogP contribution in [-0.4, -0.2) is 18.0 Å². The summed E-state index contributed by atoms with van der Waals surface area (Å²) in [7, 11) is 0. The van der Waals surface area contributed by atoms with Crippen LogP contribution in [0.2, 0.25) is 0 Å². The molecule has 0 unspecified atom stereocenters. The standard InChI is InChI=1S/C15H22N2O2/c1-11(2)13-4-5-14(17(18)19)15(10-13)16-8-6-12(3)7-9-16/h4-5,10-12H,6-9H2,1-3H3. The number of piperidine rings is 1. The Morgan fingerprint density at radius 3 is 2.47 bits per heavy atom. The third-order valence-corrected chi connectivity index (χ3v) is 3.99. The Morgan fingerprint density at radius 1 is 1.32 bits per heavy atom. The number of nitro benzene ring substituents is 1. The van der Waals surface area contributed by atoms with Crippen LogP contribution in [0, 0.1) is 16.0 Å². The van der Waals surface area contributed by atoms with Crippen LogP contribution >= 0.6 is 0 Å². The van der Waals surface area contributed by atoms with Gasteiger partial charge in [-0.25, -0.2) is 0 Å². The minimum Gasteiger partial charge on any atom is -0.366 e. The number of hydrogen-bond acceptors (Lipinski definition) is 3. The fourth-order valence-electron chi connectivity index (χ4n) is 2.56. The van der Waals surface area contributed by atoms with Gasteiger partial charge in [-0.3, -0.25) is 10.1 Å². The van der Waals surface area contributed by atoms with E-state index in [1.807, 2.05) is 12.1 Å². The van der Waals surface area contributed by atoms with E-state index >= 15 is 0 Å². The number of anilines is 1. The first-order valence-electron chi connectivity index (χ1n) is 7.02. The monoisotopic (exact) mass is 262 g/mol. The smallest absolute Gasteiger partial charge is 0.292 e. The Hall–Kier alpha value is -1.58. The van der Waals surface area contributed by atoms with Crippen LogP contribution in [0.3, 0.4) is 0 Å². The fraction of sp³-hybridized carbons (Fsp3) is 0.600. The van der Waals surface area contributed by atoms with Gasteiger partial charge in [-0.2, -0.15) is 0 Å². The first kappa shape index (κ1) is 13.8. The predicted molar refractivity (Wildman–Crippen MR) is 77.8 cm³/mol. The van der Waals surface area contributed by atoms with Gasteiger partial charge in [0, 0.05) is 19.2 Å². The Kier molecular flexibility index (Phi) is 4.08. The Morgan fingerprint density at radius 2 is 1.95 bits per heavy atom. The molecule has 1 heterocycles. The van der Waals surface area contributed by atoms with E-state index in [1.165, 1.54) is 5.56 Å². The largest absolute Gasteiger partial charge is 0.366 e. The van der Waals surface area contributed by atoms with Crippen molar-refractivity contribution >= 4 is 11.4 Å². The van der Waals surface area contributed by atoms with E-state index in [1.54, 1.807) is 6.07 Å². The van der Waals surface area contributed by atoms with E-state index in [-0.39, 0.29) is 10.6 Å². The van der Waals surface area contributed by atoms with Gasteiger partial charge in [0.15, 0.2) is 0 Å². The lowest BCUT2D eigenvalue weighted by atomic mass is 9.97. The molecule has 0 bridgehead atoms. The lowest BCUT2D eigenvalue weighted by molar-refractivity contribution is -0.384. The second kappa shape index (κ2) is 5.59. The van der Waals surface area contributed by atoms with Gasteiger partial charge in [-0.15, -0.1) is 0 Å². The van der Waals surface area contributed by atoms with Crippen molar-refractivity contribution in [3.8, 4) is 0 Å². The van der Waals surface area contributed by atoms with E-state index in [9.17, 15) is 10.1 Å². The molecule has 1 aromatic rings. The number of rotatable bonds is 3. The predicted octanol–water partition coefficient (Wildman–Crippen LogP) is 3.95. The molecule has 4 heteroatoms. The van der Waals surface area contributed by atoms with Gasteiger partial charge in [0.05, 0.1) is 4.92 Å². The minimum atomic E-state index is -0.266. The van der Waals surface area contributed by atoms with E-state index in [0.29, 0.717) is 5.92 Å². The van der Waals surface area contributed by atoms with E-state index < -0.39 is 0 Å². The van der Waals surface area contributed by atoms with Crippen LogP contribution < -0.4 is 4.90 Å². The van der Waals surface area contributed by atoms with Crippen LogP contribution in [-0.2, 0) is 0 Å². The first-order valence-corrected chi connectivity index (χ1v) is 7.02. The molecule has 1 fully saturated rings. The summed E-state index contributed by atoms with van der Waals surface area (Å²) in [5.41, 5.74) is 2.20. The molecule has 0 saturated carbocycles. The zero-order valence-electron chi connectivity index (χ0n) is 11.9. The highest BCUT2D eigenvalue weighted by Gasteiger charge is 2.23. The van der Waals surface area contributed by atoms with Gasteiger partial charge in [0.2, 0.25) is 0 Å². The molecule has 4 nitrogen and oxygen atoms in total. The molecular formula is C15H22N2O2. The van der Waals surface area contributed by atoms with Crippen LogP contribution in [0.4, 0.5) is 11.4 Å². The van der Waals surface area contributed by atoms with Gasteiger partial charge >= 0.3 is 0 Å². The lowest BCUT2D eigenvalue weighted by Gasteiger charge is -2.32. The first-order chi connectivity index (χ1) is 8.99. The topological polar surface area (TPSA) is 46.4 Å². The van der Waals surface area contributed by atoms with Gasteiger partial charge in [-0.05, 0) is 36.3 Å². The third kappa shape index (κ3) is 3.06. The SMILES string of the molecule is CC1CCN(c2cc(C(C)C)ccc2[N+](=O)[O-])CC1. The zero-order valence-corrected chi connectivity index (χ0v) is 11.9. The fourth-order valence-corrected chi connectivity index (χ4v) is 2.56. The van der Waals surface area contributed by atoms with Crippen molar-refractivity contribution in [1.29, 1.82) is 0 Å². The average Bonchev–Trinajstić information content (AvgIpc) is 2.38.